The van der Waals surface area contributed by atoms with Crippen LogP contribution in [0.4, 0.5) is 11.4 Å². The van der Waals surface area contributed by atoms with Crippen LogP contribution in [0, 0.1) is 0 Å². The molecular formula is C30H38N4O6. The minimum Gasteiger partial charge on any atom is -0.383 e. The molecule has 0 aromatic heterocycles. The van der Waals surface area contributed by atoms with Gasteiger partial charge in [0.25, 0.3) is 0 Å². The summed E-state index contributed by atoms with van der Waals surface area (Å²) in [7, 11) is 3.14. The molecule has 4 amide bonds. The number of carbonyl (C=O) groups is 4. The van der Waals surface area contributed by atoms with Gasteiger partial charge in [-0.2, -0.15) is 0 Å². The van der Waals surface area contributed by atoms with E-state index in [0.29, 0.717) is 50.5 Å². The molecule has 4 N–H and O–H groups in total. The Balaban J connectivity index is 1.50. The highest BCUT2D eigenvalue weighted by Gasteiger charge is 2.23. The third-order valence-corrected chi connectivity index (χ3v) is 6.42. The first-order chi connectivity index (χ1) is 19.3. The lowest BCUT2D eigenvalue weighted by Gasteiger charge is -2.08. The summed E-state index contributed by atoms with van der Waals surface area (Å²) in [5, 5.41) is 11.3. The second kappa shape index (κ2) is 15.5. The van der Waals surface area contributed by atoms with Crippen molar-refractivity contribution in [2.75, 3.05) is 51.2 Å². The quantitative estimate of drug-likeness (QED) is 0.202. The molecule has 10 heteroatoms. The van der Waals surface area contributed by atoms with E-state index in [0.717, 1.165) is 27.8 Å². The summed E-state index contributed by atoms with van der Waals surface area (Å²) < 4.78 is 9.80. The van der Waals surface area contributed by atoms with Crippen LogP contribution in [-0.2, 0) is 28.7 Å². The molecule has 40 heavy (non-hydrogen) atoms. The molecule has 0 radical (unpaired) electrons. The molecule has 0 spiro atoms. The second-order valence-electron chi connectivity index (χ2n) is 9.49. The average molecular weight is 551 g/mol. The van der Waals surface area contributed by atoms with E-state index in [1.54, 1.807) is 14.2 Å². The zero-order valence-corrected chi connectivity index (χ0v) is 23.2. The van der Waals surface area contributed by atoms with Crippen molar-refractivity contribution in [3.63, 3.8) is 0 Å². The summed E-state index contributed by atoms with van der Waals surface area (Å²) >= 11 is 0. The van der Waals surface area contributed by atoms with E-state index in [1.165, 1.54) is 0 Å². The predicted octanol–water partition coefficient (Wildman–Crippen LogP) is 3.47. The topological polar surface area (TPSA) is 135 Å². The highest BCUT2D eigenvalue weighted by atomic mass is 16.5. The van der Waals surface area contributed by atoms with E-state index in [-0.39, 0.29) is 49.3 Å². The zero-order chi connectivity index (χ0) is 28.9. The molecule has 0 heterocycles. The maximum atomic E-state index is 12.4. The van der Waals surface area contributed by atoms with Crippen molar-refractivity contribution in [2.24, 2.45) is 0 Å². The van der Waals surface area contributed by atoms with E-state index in [9.17, 15) is 19.2 Å². The van der Waals surface area contributed by atoms with Crippen LogP contribution in [-0.4, -0.2) is 64.2 Å². The Morgan fingerprint density at radius 2 is 1.02 bits per heavy atom. The molecule has 0 fully saturated rings. The first kappa shape index (κ1) is 30.5. The van der Waals surface area contributed by atoms with Crippen LogP contribution < -0.4 is 21.3 Å². The first-order valence-corrected chi connectivity index (χ1v) is 13.4. The van der Waals surface area contributed by atoms with Gasteiger partial charge in [-0.15, -0.1) is 0 Å². The minimum absolute atomic E-state index is 0.104. The number of rotatable bonds is 16. The number of ether oxygens (including phenoxy) is 2. The molecule has 1 aliphatic rings. The lowest BCUT2D eigenvalue weighted by Crippen LogP contribution is -2.26. The van der Waals surface area contributed by atoms with Gasteiger partial charge in [0.1, 0.15) is 0 Å². The molecule has 10 nitrogen and oxygen atoms in total. The number of hydrogen-bond acceptors (Lipinski definition) is 6. The maximum Gasteiger partial charge on any atom is 0.224 e. The standard InChI is InChI=1S/C30H38N4O6/c1-20-25-18-21(33-29(37)8-4-6-27(35)31-14-16-39-2)10-12-23(25)24-13-11-22(19-26(20)24)34-30(38)9-5-7-28(36)32-15-17-40-3/h10-13,18-19H,1,4-9,14-17H2,2-3H3,(H,31,35)(H,32,36)(H,33,37)(H,34,38). The molecular weight excluding hydrogens is 512 g/mol. The van der Waals surface area contributed by atoms with Gasteiger partial charge in [-0.25, -0.2) is 0 Å². The van der Waals surface area contributed by atoms with Crippen LogP contribution in [0.2, 0.25) is 0 Å². The van der Waals surface area contributed by atoms with Crippen molar-refractivity contribution >= 4 is 40.6 Å². The molecule has 2 aromatic carbocycles. The van der Waals surface area contributed by atoms with Crippen LogP contribution in [0.3, 0.4) is 0 Å². The van der Waals surface area contributed by atoms with Crippen molar-refractivity contribution in [2.45, 2.75) is 38.5 Å². The van der Waals surface area contributed by atoms with Crippen LogP contribution >= 0.6 is 0 Å². The molecule has 1 aliphatic carbocycles. The van der Waals surface area contributed by atoms with Gasteiger partial charge in [-0.3, -0.25) is 19.2 Å². The van der Waals surface area contributed by atoms with Crippen molar-refractivity contribution in [3.05, 3.63) is 54.1 Å². The summed E-state index contributed by atoms with van der Waals surface area (Å²) in [6.07, 6.45) is 1.91. The number of benzene rings is 2. The summed E-state index contributed by atoms with van der Waals surface area (Å²) in [6.45, 7) is 6.05. The predicted molar refractivity (Wildman–Crippen MR) is 155 cm³/mol. The fraction of sp³-hybridized carbons (Fsp3) is 0.400. The van der Waals surface area contributed by atoms with Crippen LogP contribution in [0.1, 0.15) is 49.7 Å². The summed E-state index contributed by atoms with van der Waals surface area (Å²) in [5.41, 5.74) is 5.94. The molecule has 0 saturated heterocycles. The SMILES string of the molecule is C=C1c2cc(NC(=O)CCCC(=O)NCCOC)ccc2-c2ccc(NC(=O)CCCC(=O)NCCOC)cc21. The fourth-order valence-electron chi connectivity index (χ4n) is 4.39. The fourth-order valence-corrected chi connectivity index (χ4v) is 4.39. The number of methoxy groups -OCH3 is 2. The normalized spacial score (nSPS) is 11.4. The Morgan fingerprint density at radius 3 is 1.43 bits per heavy atom. The third kappa shape index (κ3) is 9.03. The van der Waals surface area contributed by atoms with E-state index in [1.807, 2.05) is 36.4 Å². The van der Waals surface area contributed by atoms with Crippen molar-refractivity contribution in [1.82, 2.24) is 10.6 Å². The largest absolute Gasteiger partial charge is 0.383 e. The molecule has 214 valence electrons. The average Bonchev–Trinajstić information content (AvgIpc) is 3.19. The molecule has 3 rings (SSSR count). The molecule has 0 unspecified atom stereocenters. The second-order valence-corrected chi connectivity index (χ2v) is 9.49. The summed E-state index contributed by atoms with van der Waals surface area (Å²) in [6, 6.07) is 11.4. The van der Waals surface area contributed by atoms with Gasteiger partial charge in [-0.1, -0.05) is 18.7 Å². The van der Waals surface area contributed by atoms with Gasteiger partial charge in [0.15, 0.2) is 0 Å². The molecule has 0 bridgehead atoms. The van der Waals surface area contributed by atoms with Gasteiger partial charge >= 0.3 is 0 Å². The summed E-state index contributed by atoms with van der Waals surface area (Å²) in [5.74, 6) is -0.535. The maximum absolute atomic E-state index is 12.4. The van der Waals surface area contributed by atoms with Gasteiger partial charge in [-0.05, 0) is 64.9 Å². The minimum atomic E-state index is -0.164. The van der Waals surface area contributed by atoms with E-state index >= 15 is 0 Å². The lowest BCUT2D eigenvalue weighted by atomic mass is 10.0. The Bertz CT molecular complexity index is 1150. The number of amides is 4. The van der Waals surface area contributed by atoms with E-state index in [2.05, 4.69) is 27.8 Å². The smallest absolute Gasteiger partial charge is 0.224 e. The van der Waals surface area contributed by atoms with E-state index in [4.69, 9.17) is 9.47 Å². The molecule has 2 aromatic rings. The third-order valence-electron chi connectivity index (χ3n) is 6.42. The number of nitrogens with one attached hydrogen (secondary N) is 4. The molecule has 0 aliphatic heterocycles. The molecule has 0 saturated carbocycles. The van der Waals surface area contributed by atoms with Gasteiger partial charge < -0.3 is 30.7 Å². The lowest BCUT2D eigenvalue weighted by molar-refractivity contribution is -0.122. The van der Waals surface area contributed by atoms with Crippen LogP contribution in [0.5, 0.6) is 0 Å². The van der Waals surface area contributed by atoms with Crippen molar-refractivity contribution < 1.29 is 28.7 Å². The number of carbonyl (C=O) groups excluding carboxylic acids is 4. The van der Waals surface area contributed by atoms with Gasteiger partial charge in [0.05, 0.1) is 13.2 Å². The highest BCUT2D eigenvalue weighted by Crippen LogP contribution is 2.45. The highest BCUT2D eigenvalue weighted by molar-refractivity contribution is 6.04. The zero-order valence-electron chi connectivity index (χ0n) is 23.2. The van der Waals surface area contributed by atoms with Crippen LogP contribution in [0.25, 0.3) is 16.7 Å². The molecule has 0 atom stereocenters. The Morgan fingerprint density at radius 1 is 0.625 bits per heavy atom. The number of fused-ring (bicyclic) bond motifs is 3. The number of hydrogen-bond donors (Lipinski definition) is 4. The summed E-state index contributed by atoms with van der Waals surface area (Å²) in [4.78, 5) is 48.4. The Kier molecular flexibility index (Phi) is 11.9. The Labute approximate surface area is 234 Å². The van der Waals surface area contributed by atoms with Crippen LogP contribution in [0.15, 0.2) is 43.0 Å². The van der Waals surface area contributed by atoms with E-state index < -0.39 is 0 Å². The number of anilines is 2. The van der Waals surface area contributed by atoms with Crippen molar-refractivity contribution in [3.8, 4) is 11.1 Å². The first-order valence-electron chi connectivity index (χ1n) is 13.4. The Hall–Kier alpha value is -4.02. The van der Waals surface area contributed by atoms with Gasteiger partial charge in [0, 0.05) is 64.4 Å². The monoisotopic (exact) mass is 550 g/mol. The van der Waals surface area contributed by atoms with Crippen molar-refractivity contribution in [1.29, 1.82) is 0 Å². The van der Waals surface area contributed by atoms with Gasteiger partial charge in [0.2, 0.25) is 23.6 Å².